The fraction of sp³-hybridized carbons (Fsp3) is 0.500. The van der Waals surface area contributed by atoms with Crippen molar-refractivity contribution < 1.29 is 14.4 Å². The van der Waals surface area contributed by atoms with Gasteiger partial charge < -0.3 is 21.7 Å². The third kappa shape index (κ3) is 8.31. The smallest absolute Gasteiger partial charge is 0.239 e. The normalized spacial score (nSPS) is 11.5. The van der Waals surface area contributed by atoms with Crippen molar-refractivity contribution in [2.75, 3.05) is 11.9 Å². The number of rotatable bonds is 8. The SMILES string of the molecule is CC(C)C(=O)Nc1ccc(CNC(=O)CNC(=O)[C@@H](N)C(C)C)cc1.Cl. The van der Waals surface area contributed by atoms with Crippen molar-refractivity contribution in [2.45, 2.75) is 40.3 Å². The van der Waals surface area contributed by atoms with Crippen molar-refractivity contribution in [3.8, 4) is 0 Å². The molecule has 0 bridgehead atoms. The van der Waals surface area contributed by atoms with Crippen LogP contribution in [0.3, 0.4) is 0 Å². The largest absolute Gasteiger partial charge is 0.350 e. The summed E-state index contributed by atoms with van der Waals surface area (Å²) in [6, 6.07) is 6.59. The lowest BCUT2D eigenvalue weighted by atomic mass is 10.1. The van der Waals surface area contributed by atoms with E-state index in [0.717, 1.165) is 5.56 Å². The lowest BCUT2D eigenvalue weighted by Crippen LogP contribution is -2.47. The van der Waals surface area contributed by atoms with E-state index < -0.39 is 6.04 Å². The van der Waals surface area contributed by atoms with E-state index in [1.165, 1.54) is 0 Å². The van der Waals surface area contributed by atoms with Crippen LogP contribution in [0.4, 0.5) is 5.69 Å². The van der Waals surface area contributed by atoms with E-state index in [4.69, 9.17) is 5.73 Å². The molecule has 0 heterocycles. The Morgan fingerprint density at radius 1 is 0.962 bits per heavy atom. The van der Waals surface area contributed by atoms with E-state index in [2.05, 4.69) is 16.0 Å². The topological polar surface area (TPSA) is 113 Å². The highest BCUT2D eigenvalue weighted by Crippen LogP contribution is 2.10. The third-order valence-corrected chi connectivity index (χ3v) is 3.68. The molecule has 8 heteroatoms. The number of carbonyl (C=O) groups is 3. The maximum absolute atomic E-state index is 11.8. The lowest BCUT2D eigenvalue weighted by molar-refractivity contribution is -0.127. The van der Waals surface area contributed by atoms with Gasteiger partial charge in [0.25, 0.3) is 0 Å². The second-order valence-electron chi connectivity index (χ2n) is 6.61. The molecule has 0 aliphatic carbocycles. The molecule has 0 saturated heterocycles. The van der Waals surface area contributed by atoms with Crippen molar-refractivity contribution in [3.05, 3.63) is 29.8 Å². The molecule has 0 saturated carbocycles. The van der Waals surface area contributed by atoms with Gasteiger partial charge in [0.1, 0.15) is 0 Å². The summed E-state index contributed by atoms with van der Waals surface area (Å²) < 4.78 is 0. The highest BCUT2D eigenvalue weighted by molar-refractivity contribution is 5.92. The number of nitrogens with one attached hydrogen (secondary N) is 3. The monoisotopic (exact) mass is 384 g/mol. The number of benzene rings is 1. The Bertz CT molecular complexity index is 603. The Labute approximate surface area is 160 Å². The first-order valence-electron chi connectivity index (χ1n) is 8.40. The van der Waals surface area contributed by atoms with Gasteiger partial charge in [0.15, 0.2) is 0 Å². The van der Waals surface area contributed by atoms with E-state index in [1.807, 2.05) is 39.8 Å². The fourth-order valence-corrected chi connectivity index (χ4v) is 1.84. The summed E-state index contributed by atoms with van der Waals surface area (Å²) in [6.45, 7) is 7.57. The maximum atomic E-state index is 11.8. The molecule has 0 aromatic heterocycles. The molecule has 1 atom stereocenters. The summed E-state index contributed by atoms with van der Waals surface area (Å²) in [5.74, 6) is -0.746. The molecule has 146 valence electrons. The van der Waals surface area contributed by atoms with Gasteiger partial charge in [0.05, 0.1) is 12.6 Å². The van der Waals surface area contributed by atoms with Crippen LogP contribution in [-0.2, 0) is 20.9 Å². The Hall–Kier alpha value is -2.12. The molecular weight excluding hydrogens is 356 g/mol. The van der Waals surface area contributed by atoms with Crippen LogP contribution >= 0.6 is 12.4 Å². The average molecular weight is 385 g/mol. The van der Waals surface area contributed by atoms with Crippen LogP contribution in [0.25, 0.3) is 0 Å². The Morgan fingerprint density at radius 2 is 1.54 bits per heavy atom. The Balaban J connectivity index is 0.00000625. The third-order valence-electron chi connectivity index (χ3n) is 3.68. The van der Waals surface area contributed by atoms with Gasteiger partial charge in [-0.05, 0) is 23.6 Å². The Kier molecular flexibility index (Phi) is 10.6. The maximum Gasteiger partial charge on any atom is 0.239 e. The van der Waals surface area contributed by atoms with E-state index in [1.54, 1.807) is 12.1 Å². The van der Waals surface area contributed by atoms with Crippen molar-refractivity contribution in [1.82, 2.24) is 10.6 Å². The molecule has 0 fully saturated rings. The first kappa shape index (κ1) is 23.9. The van der Waals surface area contributed by atoms with Crippen LogP contribution in [0, 0.1) is 11.8 Å². The highest BCUT2D eigenvalue weighted by atomic mass is 35.5. The predicted molar refractivity (Wildman–Crippen MR) is 105 cm³/mol. The Morgan fingerprint density at radius 3 is 2.04 bits per heavy atom. The molecule has 0 aliphatic heterocycles. The minimum absolute atomic E-state index is 0. The first-order valence-corrected chi connectivity index (χ1v) is 8.40. The zero-order chi connectivity index (χ0) is 19.0. The molecule has 0 radical (unpaired) electrons. The van der Waals surface area contributed by atoms with Gasteiger partial charge >= 0.3 is 0 Å². The summed E-state index contributed by atoms with van der Waals surface area (Å²) in [5, 5.41) is 8.04. The molecule has 1 aromatic carbocycles. The van der Waals surface area contributed by atoms with Crippen molar-refractivity contribution in [3.63, 3.8) is 0 Å². The summed E-state index contributed by atoms with van der Waals surface area (Å²) in [4.78, 5) is 35.1. The molecule has 0 spiro atoms. The van der Waals surface area contributed by atoms with Gasteiger partial charge in [-0.15, -0.1) is 12.4 Å². The van der Waals surface area contributed by atoms with Crippen LogP contribution in [0.2, 0.25) is 0 Å². The van der Waals surface area contributed by atoms with E-state index >= 15 is 0 Å². The van der Waals surface area contributed by atoms with Gasteiger partial charge in [0.2, 0.25) is 17.7 Å². The van der Waals surface area contributed by atoms with E-state index in [0.29, 0.717) is 12.2 Å². The fourth-order valence-electron chi connectivity index (χ4n) is 1.84. The number of amides is 3. The van der Waals surface area contributed by atoms with Gasteiger partial charge in [-0.1, -0.05) is 39.8 Å². The molecular formula is C18H29ClN4O3. The van der Waals surface area contributed by atoms with Gasteiger partial charge in [0, 0.05) is 18.2 Å². The predicted octanol–water partition coefficient (Wildman–Crippen LogP) is 1.42. The number of hydrogen-bond donors (Lipinski definition) is 4. The van der Waals surface area contributed by atoms with Gasteiger partial charge in [-0.2, -0.15) is 0 Å². The van der Waals surface area contributed by atoms with Crippen LogP contribution in [0.15, 0.2) is 24.3 Å². The first-order chi connectivity index (χ1) is 11.7. The van der Waals surface area contributed by atoms with Crippen LogP contribution < -0.4 is 21.7 Å². The van der Waals surface area contributed by atoms with Gasteiger partial charge in [-0.25, -0.2) is 0 Å². The van der Waals surface area contributed by atoms with Gasteiger partial charge in [-0.3, -0.25) is 14.4 Å². The van der Waals surface area contributed by atoms with E-state index in [-0.39, 0.29) is 48.5 Å². The average Bonchev–Trinajstić information content (AvgIpc) is 2.57. The molecule has 26 heavy (non-hydrogen) atoms. The molecule has 0 aliphatic rings. The van der Waals surface area contributed by atoms with Crippen LogP contribution in [-0.4, -0.2) is 30.3 Å². The molecule has 5 N–H and O–H groups in total. The summed E-state index contributed by atoms with van der Waals surface area (Å²) in [7, 11) is 0. The minimum atomic E-state index is -0.624. The molecule has 1 rings (SSSR count). The summed E-state index contributed by atoms with van der Waals surface area (Å²) in [6.07, 6.45) is 0. The van der Waals surface area contributed by atoms with Crippen molar-refractivity contribution >= 4 is 35.8 Å². The van der Waals surface area contributed by atoms with Crippen molar-refractivity contribution in [2.24, 2.45) is 17.6 Å². The number of nitrogens with two attached hydrogens (primary N) is 1. The minimum Gasteiger partial charge on any atom is -0.350 e. The quantitative estimate of drug-likeness (QED) is 0.542. The van der Waals surface area contributed by atoms with E-state index in [9.17, 15) is 14.4 Å². The zero-order valence-electron chi connectivity index (χ0n) is 15.7. The standard InChI is InChI=1S/C18H28N4O3.ClH/c1-11(2)16(19)18(25)21-10-15(23)20-9-13-5-7-14(8-6-13)22-17(24)12(3)4;/h5-8,11-12,16H,9-10,19H2,1-4H3,(H,20,23)(H,21,25)(H,22,24);1H/t16-;/m0./s1. The number of carbonyl (C=O) groups excluding carboxylic acids is 3. The molecule has 1 aromatic rings. The van der Waals surface area contributed by atoms with Crippen LogP contribution in [0.1, 0.15) is 33.3 Å². The highest BCUT2D eigenvalue weighted by Gasteiger charge is 2.17. The number of anilines is 1. The molecule has 3 amide bonds. The van der Waals surface area contributed by atoms with Crippen LogP contribution in [0.5, 0.6) is 0 Å². The van der Waals surface area contributed by atoms with Crippen molar-refractivity contribution in [1.29, 1.82) is 0 Å². The number of halogens is 1. The second kappa shape index (κ2) is 11.5. The summed E-state index contributed by atoms with van der Waals surface area (Å²) in [5.41, 5.74) is 7.31. The second-order valence-corrected chi connectivity index (χ2v) is 6.61. The zero-order valence-corrected chi connectivity index (χ0v) is 16.5. The molecule has 7 nitrogen and oxygen atoms in total. The lowest BCUT2D eigenvalue weighted by Gasteiger charge is -2.15. The summed E-state index contributed by atoms with van der Waals surface area (Å²) >= 11 is 0. The molecule has 0 unspecified atom stereocenters. The number of hydrogen-bond acceptors (Lipinski definition) is 4.